The maximum Gasteiger partial charge on any atom is 0.113 e. The summed E-state index contributed by atoms with van der Waals surface area (Å²) < 4.78 is 2.37. The van der Waals surface area contributed by atoms with Crippen LogP contribution in [0.5, 0.6) is 0 Å². The number of nitrogens with zero attached hydrogens (tertiary/aromatic N) is 2. The molecule has 1 unspecified atom stereocenters. The standard InChI is InChI=1S/C11H19N3.2ClH/c1-3-6-14-9(2)7-13-11(14)10-4-5-12-8-10;;/h7,10,12H,3-6,8H2,1-2H3;2*1H. The predicted octanol–water partition coefficient (Wildman–Crippen LogP) is 2.52. The van der Waals surface area contributed by atoms with Gasteiger partial charge in [0.15, 0.2) is 0 Å². The minimum Gasteiger partial charge on any atom is -0.332 e. The molecule has 0 spiro atoms. The lowest BCUT2D eigenvalue weighted by Gasteiger charge is -2.12. The van der Waals surface area contributed by atoms with Crippen LogP contribution < -0.4 is 5.32 Å². The zero-order valence-corrected chi connectivity index (χ0v) is 11.5. The topological polar surface area (TPSA) is 29.9 Å². The molecule has 1 aromatic rings. The summed E-state index contributed by atoms with van der Waals surface area (Å²) in [6.07, 6.45) is 4.42. The molecule has 2 rings (SSSR count). The van der Waals surface area contributed by atoms with Gasteiger partial charge in [-0.05, 0) is 26.3 Å². The molecule has 5 heteroatoms. The minimum absolute atomic E-state index is 0. The fraction of sp³-hybridized carbons (Fsp3) is 0.727. The molecular formula is C11H21Cl2N3. The number of hydrogen-bond acceptors (Lipinski definition) is 2. The van der Waals surface area contributed by atoms with Gasteiger partial charge in [0, 0.05) is 30.9 Å². The molecule has 3 nitrogen and oxygen atoms in total. The maximum atomic E-state index is 4.54. The number of rotatable bonds is 3. The van der Waals surface area contributed by atoms with Crippen LogP contribution in [-0.4, -0.2) is 22.6 Å². The van der Waals surface area contributed by atoms with E-state index in [0.29, 0.717) is 5.92 Å². The van der Waals surface area contributed by atoms with Gasteiger partial charge in [0.25, 0.3) is 0 Å². The number of halogens is 2. The second-order valence-electron chi connectivity index (χ2n) is 4.10. The van der Waals surface area contributed by atoms with Crippen molar-refractivity contribution >= 4 is 24.8 Å². The van der Waals surface area contributed by atoms with Gasteiger partial charge in [-0.2, -0.15) is 0 Å². The first-order valence-corrected chi connectivity index (χ1v) is 5.55. The SMILES string of the molecule is CCCn1c(C)cnc1C1CCNC1.Cl.Cl. The van der Waals surface area contributed by atoms with Crippen LogP contribution in [0.3, 0.4) is 0 Å². The lowest BCUT2D eigenvalue weighted by Crippen LogP contribution is -2.13. The lowest BCUT2D eigenvalue weighted by molar-refractivity contribution is 0.579. The van der Waals surface area contributed by atoms with Gasteiger partial charge in [0.1, 0.15) is 5.82 Å². The van der Waals surface area contributed by atoms with E-state index >= 15 is 0 Å². The van der Waals surface area contributed by atoms with Gasteiger partial charge < -0.3 is 9.88 Å². The van der Waals surface area contributed by atoms with E-state index in [-0.39, 0.29) is 24.8 Å². The Morgan fingerprint density at radius 3 is 2.81 bits per heavy atom. The van der Waals surface area contributed by atoms with Gasteiger partial charge in [-0.3, -0.25) is 0 Å². The second-order valence-corrected chi connectivity index (χ2v) is 4.10. The fourth-order valence-corrected chi connectivity index (χ4v) is 2.19. The molecule has 1 N–H and O–H groups in total. The fourth-order valence-electron chi connectivity index (χ4n) is 2.19. The van der Waals surface area contributed by atoms with Crippen molar-refractivity contribution in [3.05, 3.63) is 17.7 Å². The van der Waals surface area contributed by atoms with Crippen LogP contribution in [0.1, 0.15) is 37.2 Å². The summed E-state index contributed by atoms with van der Waals surface area (Å²) in [4.78, 5) is 4.54. The molecule has 0 amide bonds. The van der Waals surface area contributed by atoms with Gasteiger partial charge in [-0.15, -0.1) is 24.8 Å². The van der Waals surface area contributed by atoms with Crippen molar-refractivity contribution in [3.63, 3.8) is 0 Å². The van der Waals surface area contributed by atoms with E-state index in [0.717, 1.165) is 19.6 Å². The highest BCUT2D eigenvalue weighted by Gasteiger charge is 2.21. The van der Waals surface area contributed by atoms with Crippen molar-refractivity contribution in [2.24, 2.45) is 0 Å². The zero-order chi connectivity index (χ0) is 9.97. The average molecular weight is 266 g/mol. The quantitative estimate of drug-likeness (QED) is 0.911. The van der Waals surface area contributed by atoms with Crippen molar-refractivity contribution < 1.29 is 0 Å². The smallest absolute Gasteiger partial charge is 0.113 e. The van der Waals surface area contributed by atoms with E-state index in [9.17, 15) is 0 Å². The van der Waals surface area contributed by atoms with Crippen LogP contribution in [0.2, 0.25) is 0 Å². The predicted molar refractivity (Wildman–Crippen MR) is 72.0 cm³/mol. The molecule has 0 bridgehead atoms. The highest BCUT2D eigenvalue weighted by molar-refractivity contribution is 5.85. The van der Waals surface area contributed by atoms with E-state index in [4.69, 9.17) is 0 Å². The molecule has 16 heavy (non-hydrogen) atoms. The van der Waals surface area contributed by atoms with Crippen LogP contribution >= 0.6 is 24.8 Å². The molecule has 1 saturated heterocycles. The number of hydrogen-bond donors (Lipinski definition) is 1. The monoisotopic (exact) mass is 265 g/mol. The zero-order valence-electron chi connectivity index (χ0n) is 9.90. The first-order valence-electron chi connectivity index (χ1n) is 5.55. The van der Waals surface area contributed by atoms with Crippen molar-refractivity contribution in [1.82, 2.24) is 14.9 Å². The number of aromatic nitrogens is 2. The highest BCUT2D eigenvalue weighted by Crippen LogP contribution is 2.22. The summed E-state index contributed by atoms with van der Waals surface area (Å²) in [5, 5.41) is 3.40. The highest BCUT2D eigenvalue weighted by atomic mass is 35.5. The molecule has 0 radical (unpaired) electrons. The number of nitrogens with one attached hydrogen (secondary N) is 1. The van der Waals surface area contributed by atoms with E-state index in [1.54, 1.807) is 0 Å². The third-order valence-corrected chi connectivity index (χ3v) is 2.96. The summed E-state index contributed by atoms with van der Waals surface area (Å²) in [5.41, 5.74) is 1.30. The maximum absolute atomic E-state index is 4.54. The lowest BCUT2D eigenvalue weighted by atomic mass is 10.1. The first-order chi connectivity index (χ1) is 6.83. The van der Waals surface area contributed by atoms with E-state index in [1.165, 1.54) is 24.4 Å². The van der Waals surface area contributed by atoms with E-state index in [2.05, 4.69) is 28.7 Å². The Morgan fingerprint density at radius 1 is 1.50 bits per heavy atom. The third kappa shape index (κ3) is 3.12. The van der Waals surface area contributed by atoms with Gasteiger partial charge >= 0.3 is 0 Å². The third-order valence-electron chi connectivity index (χ3n) is 2.96. The molecule has 0 aliphatic carbocycles. The second kappa shape index (κ2) is 7.15. The Hall–Kier alpha value is -0.250. The molecular weight excluding hydrogens is 245 g/mol. The summed E-state index contributed by atoms with van der Waals surface area (Å²) in [6.45, 7) is 7.71. The van der Waals surface area contributed by atoms with Crippen molar-refractivity contribution in [2.45, 2.75) is 39.2 Å². The average Bonchev–Trinajstić information content (AvgIpc) is 2.77. The molecule has 0 aromatic carbocycles. The summed E-state index contributed by atoms with van der Waals surface area (Å²) in [6, 6.07) is 0. The van der Waals surface area contributed by atoms with Gasteiger partial charge in [-0.1, -0.05) is 6.92 Å². The number of aryl methyl sites for hydroxylation is 1. The van der Waals surface area contributed by atoms with Crippen LogP contribution in [0.25, 0.3) is 0 Å². The molecule has 1 fully saturated rings. The summed E-state index contributed by atoms with van der Waals surface area (Å²) >= 11 is 0. The minimum atomic E-state index is 0. The van der Waals surface area contributed by atoms with Crippen LogP contribution in [-0.2, 0) is 6.54 Å². The largest absolute Gasteiger partial charge is 0.332 e. The van der Waals surface area contributed by atoms with Crippen LogP contribution in [0, 0.1) is 6.92 Å². The molecule has 1 atom stereocenters. The molecule has 0 saturated carbocycles. The van der Waals surface area contributed by atoms with Crippen molar-refractivity contribution in [1.29, 1.82) is 0 Å². The van der Waals surface area contributed by atoms with Crippen molar-refractivity contribution in [2.75, 3.05) is 13.1 Å². The Morgan fingerprint density at radius 2 is 2.25 bits per heavy atom. The van der Waals surface area contributed by atoms with Crippen molar-refractivity contribution in [3.8, 4) is 0 Å². The van der Waals surface area contributed by atoms with E-state index < -0.39 is 0 Å². The Kier molecular flexibility index (Phi) is 7.04. The molecule has 2 heterocycles. The summed E-state index contributed by atoms with van der Waals surface area (Å²) in [7, 11) is 0. The van der Waals surface area contributed by atoms with Gasteiger partial charge in [0.2, 0.25) is 0 Å². The van der Waals surface area contributed by atoms with Crippen LogP contribution in [0.4, 0.5) is 0 Å². The van der Waals surface area contributed by atoms with Gasteiger partial charge in [0.05, 0.1) is 0 Å². The molecule has 1 aliphatic rings. The molecule has 94 valence electrons. The molecule has 1 aliphatic heterocycles. The Bertz CT molecular complexity index is 306. The normalized spacial score (nSPS) is 19.0. The Labute approximate surface area is 110 Å². The van der Waals surface area contributed by atoms with Crippen LogP contribution in [0.15, 0.2) is 6.20 Å². The molecule has 1 aromatic heterocycles. The first kappa shape index (κ1) is 15.8. The Balaban J connectivity index is 0.00000112. The summed E-state index contributed by atoms with van der Waals surface area (Å²) in [5.74, 6) is 1.92. The van der Waals surface area contributed by atoms with E-state index in [1.807, 2.05) is 6.20 Å². The van der Waals surface area contributed by atoms with Gasteiger partial charge in [-0.25, -0.2) is 4.98 Å². The number of imidazole rings is 1.